The number of alkyl halides is 37. The molecule has 1 rings (SSSR count). The predicted molar refractivity (Wildman–Crippen MR) is 151 cm³/mol. The van der Waals surface area contributed by atoms with Crippen LogP contribution in [0.3, 0.4) is 0 Å². The predicted octanol–water partition coefficient (Wildman–Crippen LogP) is 13.8. The van der Waals surface area contributed by atoms with Crippen LogP contribution in [0.25, 0.3) is 0 Å². The molecule has 0 fully saturated rings. The first kappa shape index (κ1) is 64.5. The van der Waals surface area contributed by atoms with E-state index in [2.05, 4.69) is 4.99 Å². The summed E-state index contributed by atoms with van der Waals surface area (Å²) in [5, 5.41) is 1.14. The number of nitrogens with one attached hydrogen (secondary N) is 1. The zero-order valence-corrected chi connectivity index (χ0v) is 32.3. The number of isocyanates is 1. The molecule has 0 saturated carbocycles. The summed E-state index contributed by atoms with van der Waals surface area (Å²) in [7, 11) is 0. The van der Waals surface area contributed by atoms with Gasteiger partial charge in [0.15, 0.2) is 0 Å². The van der Waals surface area contributed by atoms with Gasteiger partial charge in [-0.15, -0.1) is 0 Å². The molecule has 0 aromatic heterocycles. The van der Waals surface area contributed by atoms with Gasteiger partial charge in [0, 0.05) is 12.5 Å². The van der Waals surface area contributed by atoms with E-state index in [4.69, 9.17) is 0 Å². The number of rotatable bonds is 21. The lowest BCUT2D eigenvalue weighted by Crippen LogP contribution is -2.80. The summed E-state index contributed by atoms with van der Waals surface area (Å²) in [5.74, 6) is -169. The van der Waals surface area contributed by atoms with E-state index in [0.717, 1.165) is 23.5 Å². The van der Waals surface area contributed by atoms with Crippen molar-refractivity contribution >= 4 is 17.7 Å². The van der Waals surface area contributed by atoms with Gasteiger partial charge in [-0.25, -0.2) is 4.79 Å². The van der Waals surface area contributed by atoms with E-state index < -0.39 is 136 Å². The van der Waals surface area contributed by atoms with Crippen LogP contribution in [0.2, 0.25) is 0 Å². The van der Waals surface area contributed by atoms with Crippen molar-refractivity contribution in [2.45, 2.75) is 133 Å². The fraction of sp³-hybridized carbons (Fsp3) is 0.733. The Bertz CT molecular complexity index is 2180. The number of halogens is 37. The van der Waals surface area contributed by atoms with Crippen LogP contribution in [-0.2, 0) is 4.79 Å². The van der Waals surface area contributed by atoms with E-state index in [1.165, 1.54) is 6.92 Å². The molecule has 1 N–H and O–H groups in total. The molecule has 0 bridgehead atoms. The fourth-order valence-electron chi connectivity index (χ4n) is 5.01. The highest BCUT2D eigenvalue weighted by Gasteiger charge is 3.02. The van der Waals surface area contributed by atoms with Crippen LogP contribution in [-0.4, -0.2) is 125 Å². The van der Waals surface area contributed by atoms with Crippen molar-refractivity contribution in [3.05, 3.63) is 29.3 Å². The molecule has 41 heteroatoms. The summed E-state index contributed by atoms with van der Waals surface area (Å²) < 4.78 is 514. The lowest BCUT2D eigenvalue weighted by Gasteiger charge is -2.47. The second-order valence-electron chi connectivity index (χ2n) is 14.2. The average Bonchev–Trinajstić information content (AvgIpc) is 3.15. The quantitative estimate of drug-likeness (QED) is 0.0758. The van der Waals surface area contributed by atoms with Gasteiger partial charge >= 0.3 is 107 Å². The number of nitrogens with zero attached hydrogens (tertiary/aromatic N) is 1. The number of hydrogen-bond acceptors (Lipinski definition) is 3. The van der Waals surface area contributed by atoms with Crippen molar-refractivity contribution < 1.29 is 172 Å². The zero-order chi connectivity index (χ0) is 57.8. The van der Waals surface area contributed by atoms with Gasteiger partial charge in [0.2, 0.25) is 6.08 Å². The van der Waals surface area contributed by atoms with Crippen molar-refractivity contribution in [2.75, 3.05) is 0 Å². The Hall–Kier alpha value is -4.52. The van der Waals surface area contributed by atoms with Crippen LogP contribution in [0.1, 0.15) is 29.3 Å². The molecule has 0 spiro atoms. The van der Waals surface area contributed by atoms with Crippen LogP contribution in [0.4, 0.5) is 168 Å². The Morgan fingerprint density at radius 2 is 0.676 bits per heavy atom. The third-order valence-corrected chi connectivity index (χ3v) is 9.23. The molecular weight excluding hydrogens is 1120 g/mol. The van der Waals surface area contributed by atoms with Crippen LogP contribution >= 0.6 is 0 Å². The van der Waals surface area contributed by atoms with Crippen molar-refractivity contribution in [3.63, 3.8) is 0 Å². The fourth-order valence-corrected chi connectivity index (χ4v) is 5.01. The molecule has 71 heavy (non-hydrogen) atoms. The van der Waals surface area contributed by atoms with Crippen LogP contribution in [0.15, 0.2) is 23.2 Å². The normalized spacial score (nSPS) is 16.4. The number of aliphatic imine (C=N–C) groups is 1. The molecule has 0 aliphatic heterocycles. The first-order chi connectivity index (χ1) is 30.5. The minimum absolute atomic E-state index is 0.0317. The minimum atomic E-state index is -10.5. The van der Waals surface area contributed by atoms with Gasteiger partial charge in [-0.3, -0.25) is 4.79 Å². The van der Waals surface area contributed by atoms with Crippen molar-refractivity contribution in [3.8, 4) is 0 Å². The van der Waals surface area contributed by atoms with E-state index in [-0.39, 0.29) is 12.5 Å². The van der Waals surface area contributed by atoms with Gasteiger partial charge in [-0.1, -0.05) is 6.07 Å². The maximum absolute atomic E-state index is 14.5. The summed E-state index contributed by atoms with van der Waals surface area (Å²) in [6.07, 6.45) is -11.1. The number of amides is 1. The Labute approximate surface area is 363 Å². The lowest BCUT2D eigenvalue weighted by atomic mass is 9.82. The first-order valence-electron chi connectivity index (χ1n) is 16.5. The van der Waals surface area contributed by atoms with Crippen molar-refractivity contribution in [1.29, 1.82) is 0 Å². The maximum Gasteiger partial charge on any atom is 0.460 e. The molecule has 1 aromatic carbocycles. The minimum Gasteiger partial charge on any atom is -0.349 e. The molecule has 1 atom stereocenters. The number of benzene rings is 1. The van der Waals surface area contributed by atoms with E-state index in [0.29, 0.717) is 6.07 Å². The number of carbonyl (C=O) groups excluding carboxylic acids is 2. The monoisotopic (exact) mass is 1140 g/mol. The zero-order valence-electron chi connectivity index (χ0n) is 32.3. The highest BCUT2D eigenvalue weighted by molar-refractivity contribution is 5.99. The Morgan fingerprint density at radius 3 is 0.915 bits per heavy atom. The van der Waals surface area contributed by atoms with E-state index >= 15 is 0 Å². The molecule has 0 saturated heterocycles. The summed E-state index contributed by atoms with van der Waals surface area (Å²) in [5.41, 5.74) is -1.65. The third-order valence-electron chi connectivity index (χ3n) is 9.23. The molecule has 4 nitrogen and oxygen atoms in total. The summed E-state index contributed by atoms with van der Waals surface area (Å²) in [4.78, 5) is 25.8. The smallest absolute Gasteiger partial charge is 0.349 e. The van der Waals surface area contributed by atoms with Gasteiger partial charge in [0.25, 0.3) is 5.91 Å². The van der Waals surface area contributed by atoms with Gasteiger partial charge < -0.3 is 5.32 Å². The number of carbonyl (C=O) groups is 1. The lowest BCUT2D eigenvalue weighted by molar-refractivity contribution is -0.493. The van der Waals surface area contributed by atoms with E-state index in [1.807, 2.05) is 0 Å². The summed E-state index contributed by atoms with van der Waals surface area (Å²) in [6, 6.07) is -0.650. The van der Waals surface area contributed by atoms with Gasteiger partial charge in [0.1, 0.15) is 0 Å². The van der Waals surface area contributed by atoms with E-state index in [1.54, 1.807) is 0 Å². The average molecular weight is 1140 g/mol. The third kappa shape index (κ3) is 8.38. The van der Waals surface area contributed by atoms with Crippen molar-refractivity contribution in [2.24, 2.45) is 4.99 Å². The molecule has 0 aliphatic rings. The van der Waals surface area contributed by atoms with Crippen molar-refractivity contribution in [1.82, 2.24) is 5.32 Å². The maximum atomic E-state index is 14.5. The Kier molecular flexibility index (Phi) is 15.7. The summed E-state index contributed by atoms with van der Waals surface area (Å²) in [6.45, 7) is 1.17. The van der Waals surface area contributed by atoms with Crippen LogP contribution in [0.5, 0.6) is 0 Å². The second-order valence-corrected chi connectivity index (χ2v) is 14.2. The summed E-state index contributed by atoms with van der Waals surface area (Å²) >= 11 is 0. The van der Waals surface area contributed by atoms with E-state index in [9.17, 15) is 172 Å². The van der Waals surface area contributed by atoms with Gasteiger partial charge in [0.05, 0.1) is 11.3 Å². The van der Waals surface area contributed by atoms with Crippen LogP contribution in [0, 0.1) is 6.92 Å². The highest BCUT2D eigenvalue weighted by Crippen LogP contribution is 2.70. The molecule has 0 aliphatic carbocycles. The SMILES string of the molecule is Cc1ccc(C(=O)NC(C)CC(F)(F)C(F)(F)C(F)(F)C(F)(F)C(F)(F)C(F)(F)C(F)(F)C(F)(F)C(F)(F)C(F)(F)C(F)(F)C(F)(F)C(F)(F)C(F)(F)C(F)(F)C(F)(F)C(F)(F)C(F)(F)F)c(N=C=O)c1. The van der Waals surface area contributed by atoms with Gasteiger partial charge in [-0.05, 0) is 31.5 Å². The molecular formula is C30H13F37N2O2. The second kappa shape index (κ2) is 17.3. The van der Waals surface area contributed by atoms with Gasteiger partial charge in [-0.2, -0.15) is 167 Å². The molecule has 414 valence electrons. The molecule has 0 heterocycles. The topological polar surface area (TPSA) is 58.5 Å². The number of aryl methyl sites for hydroxylation is 1. The largest absolute Gasteiger partial charge is 0.460 e. The number of hydrogen-bond donors (Lipinski definition) is 1. The molecule has 1 unspecified atom stereocenters. The first-order valence-corrected chi connectivity index (χ1v) is 16.5. The van der Waals surface area contributed by atoms with Crippen LogP contribution < -0.4 is 5.32 Å². The highest BCUT2D eigenvalue weighted by atomic mass is 19.4. The molecule has 1 aromatic rings. The Balaban J connectivity index is 3.96. The molecule has 1 amide bonds. The standard InChI is InChI=1S/C30H13F37N2O2/c1-8-3-4-10(11(5-8)68-7-70)12(71)69-9(2)6-13(31,32)14(33,34)15(35,36)16(37,38)17(39,40)18(41,42)19(43,44)20(45,46)21(47,48)22(49,50)23(51,52)24(53,54)25(55,56)26(57,58)27(59,60)28(61,62)29(63,64)30(65,66)67/h3-5,9H,6H2,1-2H3,(H,69,71). The Morgan fingerprint density at radius 1 is 0.437 bits per heavy atom. The molecule has 0 radical (unpaired) electrons.